The van der Waals surface area contributed by atoms with Gasteiger partial charge in [0.25, 0.3) is 0 Å². The van der Waals surface area contributed by atoms with E-state index in [4.69, 9.17) is 27.6 Å². The maximum Gasteiger partial charge on any atom is 0.247 e. The second-order valence-electron chi connectivity index (χ2n) is 8.46. The summed E-state index contributed by atoms with van der Waals surface area (Å²) in [5.74, 6) is 2.29. The monoisotopic (exact) mass is 480 g/mol. The van der Waals surface area contributed by atoms with Crippen LogP contribution in [0.5, 0.6) is 0 Å². The van der Waals surface area contributed by atoms with Crippen molar-refractivity contribution in [1.82, 2.24) is 15.2 Å². The largest absolute Gasteiger partial charge is 0.420 e. The number of rotatable bonds is 5. The highest BCUT2D eigenvalue weighted by molar-refractivity contribution is 6.31. The van der Waals surface area contributed by atoms with E-state index in [2.05, 4.69) is 20.5 Å². The van der Waals surface area contributed by atoms with Crippen molar-refractivity contribution in [3.8, 4) is 11.5 Å². The summed E-state index contributed by atoms with van der Waals surface area (Å²) in [6.07, 6.45) is 4.22. The number of aromatic nitrogens is 3. The maximum absolute atomic E-state index is 12.6. The van der Waals surface area contributed by atoms with Crippen LogP contribution in [0.25, 0.3) is 22.4 Å². The number of pyridine rings is 1. The molecule has 0 saturated heterocycles. The number of carbonyl (C=O) groups is 1. The van der Waals surface area contributed by atoms with Gasteiger partial charge in [0.2, 0.25) is 17.7 Å². The molecule has 2 aromatic carbocycles. The van der Waals surface area contributed by atoms with Gasteiger partial charge >= 0.3 is 0 Å². The molecule has 0 bridgehead atoms. The molecule has 5 rings (SSSR count). The van der Waals surface area contributed by atoms with Gasteiger partial charge < -0.3 is 9.73 Å². The first-order valence-electron chi connectivity index (χ1n) is 11.0. The van der Waals surface area contributed by atoms with Crippen molar-refractivity contribution in [3.05, 3.63) is 70.5 Å². The molecule has 1 amide bonds. The molecule has 2 aromatic heterocycles. The fraction of sp³-hybridized carbons (Fsp3) is 0.280. The van der Waals surface area contributed by atoms with Crippen molar-refractivity contribution >= 4 is 45.8 Å². The number of hydrogen-bond donors (Lipinski definition) is 1. The Bertz CT molecular complexity index is 1280. The predicted octanol–water partition coefficient (Wildman–Crippen LogP) is 6.89. The van der Waals surface area contributed by atoms with Gasteiger partial charge in [0, 0.05) is 33.3 Å². The van der Waals surface area contributed by atoms with E-state index in [1.54, 1.807) is 24.3 Å². The van der Waals surface area contributed by atoms with Gasteiger partial charge in [-0.3, -0.25) is 4.79 Å². The van der Waals surface area contributed by atoms with Crippen LogP contribution in [0.15, 0.2) is 59.0 Å². The third kappa shape index (κ3) is 5.18. The number of anilines is 1. The Morgan fingerprint density at radius 1 is 0.939 bits per heavy atom. The molecule has 1 fully saturated rings. The molecule has 4 aromatic rings. The molecule has 8 heteroatoms. The topological polar surface area (TPSA) is 80.9 Å². The molecule has 1 saturated carbocycles. The standard InChI is InChI=1S/C25H22Cl2N4O2/c26-19-8-5-17(6-9-19)25-31-30-24(33-25)16-3-1-15(2-4-16)13-23(32)29-22-12-7-18-14-20(27)10-11-21(18)28-22/h5-12,14-16H,1-4,13H2,(H,28,29,32). The molecule has 0 spiro atoms. The summed E-state index contributed by atoms with van der Waals surface area (Å²) in [4.78, 5) is 17.1. The molecule has 2 heterocycles. The van der Waals surface area contributed by atoms with Crippen molar-refractivity contribution in [2.24, 2.45) is 5.92 Å². The number of nitrogens with zero attached hydrogens (tertiary/aromatic N) is 3. The van der Waals surface area contributed by atoms with Crippen LogP contribution in [-0.4, -0.2) is 21.1 Å². The van der Waals surface area contributed by atoms with E-state index in [1.165, 1.54) is 0 Å². The van der Waals surface area contributed by atoms with Gasteiger partial charge in [-0.15, -0.1) is 10.2 Å². The van der Waals surface area contributed by atoms with Gasteiger partial charge in [0.15, 0.2) is 0 Å². The lowest BCUT2D eigenvalue weighted by Crippen LogP contribution is -2.21. The molecule has 6 nitrogen and oxygen atoms in total. The zero-order valence-corrected chi connectivity index (χ0v) is 19.3. The van der Waals surface area contributed by atoms with Crippen LogP contribution >= 0.6 is 23.2 Å². The highest BCUT2D eigenvalue weighted by Crippen LogP contribution is 2.37. The summed E-state index contributed by atoms with van der Waals surface area (Å²) in [6.45, 7) is 0. The van der Waals surface area contributed by atoms with Crippen molar-refractivity contribution in [1.29, 1.82) is 0 Å². The Morgan fingerprint density at radius 3 is 2.48 bits per heavy atom. The number of halogens is 2. The summed E-state index contributed by atoms with van der Waals surface area (Å²) in [5, 5.41) is 13.7. The molecular formula is C25H22Cl2N4O2. The number of hydrogen-bond acceptors (Lipinski definition) is 5. The van der Waals surface area contributed by atoms with E-state index < -0.39 is 0 Å². The van der Waals surface area contributed by atoms with Crippen LogP contribution in [0.1, 0.15) is 43.9 Å². The smallest absolute Gasteiger partial charge is 0.247 e. The first-order valence-corrected chi connectivity index (χ1v) is 11.7. The van der Waals surface area contributed by atoms with Crippen LogP contribution in [0.3, 0.4) is 0 Å². The molecule has 1 aliphatic carbocycles. The molecule has 1 N–H and O–H groups in total. The quantitative estimate of drug-likeness (QED) is 0.336. The molecule has 0 aliphatic heterocycles. The average Bonchev–Trinajstić information content (AvgIpc) is 3.30. The lowest BCUT2D eigenvalue weighted by molar-refractivity contribution is -0.117. The lowest BCUT2D eigenvalue weighted by atomic mass is 9.80. The number of carbonyl (C=O) groups excluding carboxylic acids is 1. The Labute approximate surface area is 201 Å². The Balaban J connectivity index is 1.14. The summed E-state index contributed by atoms with van der Waals surface area (Å²) >= 11 is 12.0. The van der Waals surface area contributed by atoms with Crippen molar-refractivity contribution in [3.63, 3.8) is 0 Å². The van der Waals surface area contributed by atoms with Crippen molar-refractivity contribution in [2.75, 3.05) is 5.32 Å². The van der Waals surface area contributed by atoms with E-state index >= 15 is 0 Å². The third-order valence-electron chi connectivity index (χ3n) is 6.12. The predicted molar refractivity (Wildman–Crippen MR) is 129 cm³/mol. The highest BCUT2D eigenvalue weighted by Gasteiger charge is 2.27. The van der Waals surface area contributed by atoms with Crippen LogP contribution in [-0.2, 0) is 4.79 Å². The van der Waals surface area contributed by atoms with Crippen LogP contribution < -0.4 is 5.32 Å². The molecular weight excluding hydrogens is 459 g/mol. The van der Waals surface area contributed by atoms with Crippen LogP contribution in [0, 0.1) is 5.92 Å². The molecule has 0 radical (unpaired) electrons. The fourth-order valence-corrected chi connectivity index (χ4v) is 4.65. The van der Waals surface area contributed by atoms with Gasteiger partial charge in [-0.1, -0.05) is 23.2 Å². The molecule has 0 atom stereocenters. The average molecular weight is 481 g/mol. The van der Waals surface area contributed by atoms with E-state index in [1.807, 2.05) is 30.3 Å². The van der Waals surface area contributed by atoms with Crippen LogP contribution in [0.4, 0.5) is 5.82 Å². The van der Waals surface area contributed by atoms with Crippen LogP contribution in [0.2, 0.25) is 10.0 Å². The second-order valence-corrected chi connectivity index (χ2v) is 9.33. The minimum absolute atomic E-state index is 0.0120. The first kappa shape index (κ1) is 21.9. The Hall–Kier alpha value is -2.96. The second kappa shape index (κ2) is 9.49. The third-order valence-corrected chi connectivity index (χ3v) is 6.61. The highest BCUT2D eigenvalue weighted by atomic mass is 35.5. The van der Waals surface area contributed by atoms with E-state index in [0.717, 1.165) is 42.1 Å². The molecule has 168 valence electrons. The van der Waals surface area contributed by atoms with Crippen molar-refractivity contribution < 1.29 is 9.21 Å². The fourth-order valence-electron chi connectivity index (χ4n) is 4.34. The van der Waals surface area contributed by atoms with Gasteiger partial charge in [0.1, 0.15) is 5.82 Å². The van der Waals surface area contributed by atoms with E-state index in [9.17, 15) is 4.79 Å². The van der Waals surface area contributed by atoms with E-state index in [0.29, 0.717) is 40.0 Å². The SMILES string of the molecule is O=C(CC1CCC(c2nnc(-c3ccc(Cl)cc3)o2)CC1)Nc1ccc2cc(Cl)ccc2n1. The summed E-state index contributed by atoms with van der Waals surface area (Å²) in [5.41, 5.74) is 1.66. The van der Waals surface area contributed by atoms with Gasteiger partial charge in [0.05, 0.1) is 5.52 Å². The van der Waals surface area contributed by atoms with Gasteiger partial charge in [-0.25, -0.2) is 4.98 Å². The van der Waals surface area contributed by atoms with Gasteiger partial charge in [-0.2, -0.15) is 0 Å². The van der Waals surface area contributed by atoms with E-state index in [-0.39, 0.29) is 11.8 Å². The first-order chi connectivity index (χ1) is 16.0. The Morgan fingerprint density at radius 2 is 1.70 bits per heavy atom. The lowest BCUT2D eigenvalue weighted by Gasteiger charge is -2.26. The minimum atomic E-state index is -0.0120. The maximum atomic E-state index is 12.6. The number of nitrogens with one attached hydrogen (secondary N) is 1. The zero-order chi connectivity index (χ0) is 22.8. The van der Waals surface area contributed by atoms with Crippen molar-refractivity contribution in [2.45, 2.75) is 38.0 Å². The summed E-state index contributed by atoms with van der Waals surface area (Å²) in [6, 6.07) is 16.6. The number of benzene rings is 2. The molecule has 1 aliphatic rings. The van der Waals surface area contributed by atoms with Gasteiger partial charge in [-0.05, 0) is 86.2 Å². The summed E-state index contributed by atoms with van der Waals surface area (Å²) in [7, 11) is 0. The number of amides is 1. The normalized spacial score (nSPS) is 18.4. The number of fused-ring (bicyclic) bond motifs is 1. The Kier molecular flexibility index (Phi) is 6.29. The minimum Gasteiger partial charge on any atom is -0.420 e. The zero-order valence-electron chi connectivity index (χ0n) is 17.8. The molecule has 33 heavy (non-hydrogen) atoms. The summed E-state index contributed by atoms with van der Waals surface area (Å²) < 4.78 is 5.93. The molecule has 0 unspecified atom stereocenters.